The number of hydrogen-bond acceptors (Lipinski definition) is 5. The molecule has 3 aliphatic rings. The predicted octanol–water partition coefficient (Wildman–Crippen LogP) is 13.3. The summed E-state index contributed by atoms with van der Waals surface area (Å²) in [5, 5.41) is 1.08. The summed E-state index contributed by atoms with van der Waals surface area (Å²) in [5.74, 6) is 2.80. The summed E-state index contributed by atoms with van der Waals surface area (Å²) in [5.41, 5.74) is 13.0. The first kappa shape index (κ1) is 36.9. The third-order valence-electron chi connectivity index (χ3n) is 11.4. The fourth-order valence-corrected chi connectivity index (χ4v) is 8.63. The van der Waals surface area contributed by atoms with E-state index in [4.69, 9.17) is 14.5 Å². The molecule has 2 aromatic heterocycles. The van der Waals surface area contributed by atoms with Crippen molar-refractivity contribution in [2.75, 3.05) is 9.80 Å². The number of ether oxygens (including phenoxy) is 2. The van der Waals surface area contributed by atoms with Gasteiger partial charge < -0.3 is 23.8 Å². The van der Waals surface area contributed by atoms with Gasteiger partial charge in [-0.2, -0.15) is 6.07 Å². The summed E-state index contributed by atoms with van der Waals surface area (Å²) in [6.45, 7) is 8.85. The van der Waals surface area contributed by atoms with Crippen LogP contribution in [0.5, 0.6) is 17.2 Å². The van der Waals surface area contributed by atoms with Gasteiger partial charge in [0.1, 0.15) is 11.9 Å². The van der Waals surface area contributed by atoms with Crippen LogP contribution in [0.1, 0.15) is 50.1 Å². The molecule has 1 unspecified atom stereocenters. The average Bonchev–Trinajstić information content (AvgIpc) is 3.94. The van der Waals surface area contributed by atoms with Crippen LogP contribution in [0, 0.1) is 18.8 Å². The minimum Gasteiger partial charge on any atom is -0.511 e. The number of hydrogen-bond donors (Lipinski definition) is 0. The second-order valence-electron chi connectivity index (χ2n) is 16.0. The number of rotatable bonds is 7. The van der Waals surface area contributed by atoms with Crippen molar-refractivity contribution in [2.45, 2.75) is 38.7 Å². The molecule has 0 spiro atoms. The monoisotopic (exact) mass is 946 g/mol. The van der Waals surface area contributed by atoms with E-state index in [1.165, 1.54) is 11.1 Å². The number of anilines is 4. The van der Waals surface area contributed by atoms with Crippen LogP contribution in [0.2, 0.25) is 0 Å². The standard InChI is InChI=1S/C52H39N4O2.Pt/c1-52(2,3)36-27-28-53-48(29-36)56-44-25-14-26-46-49(44)50-45(56)31-39(32-47(50)58-46)57-38-20-12-19-37(30-38)54-33-55(43-24-11-10-23-42(43)54)51-40(34-15-6-4-7-16-34)21-13-22-41(51)35-17-8-5-9-18-35;/h4-25,27-29,32-33,46H,26H2,1-3H3;/q-3;. The summed E-state index contributed by atoms with van der Waals surface area (Å²) >= 11 is 0. The zero-order chi connectivity index (χ0) is 39.0. The molecule has 7 heteroatoms. The summed E-state index contributed by atoms with van der Waals surface area (Å²) < 4.78 is 15.4. The SMILES string of the molecule is CC(C)(C)c1ccnc(-n2c3c4c5c(cc(Oc6[c-]c(N7[CH-]N(c8c(-c9ccccc9)cccc8-c8ccccc8)c8ccccc87)ccc6)[c-]c52)OC4CC=C3)c1.[Pt]. The van der Waals surface area contributed by atoms with Crippen LogP contribution in [0.4, 0.5) is 22.7 Å². The van der Waals surface area contributed by atoms with Gasteiger partial charge in [0, 0.05) is 84.8 Å². The third-order valence-corrected chi connectivity index (χ3v) is 11.4. The second-order valence-corrected chi connectivity index (χ2v) is 16.0. The van der Waals surface area contributed by atoms with Gasteiger partial charge in [-0.25, -0.2) is 4.98 Å². The fourth-order valence-electron chi connectivity index (χ4n) is 8.63. The Morgan fingerprint density at radius 3 is 2.12 bits per heavy atom. The van der Waals surface area contributed by atoms with Crippen LogP contribution in [-0.4, -0.2) is 9.55 Å². The van der Waals surface area contributed by atoms with Crippen LogP contribution in [0.25, 0.3) is 45.1 Å². The molecule has 11 rings (SSSR count). The van der Waals surface area contributed by atoms with Crippen LogP contribution in [0.15, 0.2) is 152 Å². The van der Waals surface area contributed by atoms with Crippen molar-refractivity contribution >= 4 is 39.7 Å². The third kappa shape index (κ3) is 6.25. The Hall–Kier alpha value is -6.36. The number of pyridine rings is 1. The second kappa shape index (κ2) is 14.5. The molecule has 1 atom stereocenters. The minimum atomic E-state index is -0.0498. The molecule has 0 radical (unpaired) electrons. The molecular formula is C52H39N4O2Pt-3. The first-order chi connectivity index (χ1) is 28.4. The normalized spacial score (nSPS) is 14.9. The summed E-state index contributed by atoms with van der Waals surface area (Å²) in [6, 6.07) is 55.8. The first-order valence-corrected chi connectivity index (χ1v) is 19.8. The van der Waals surface area contributed by atoms with Gasteiger partial charge in [-0.3, -0.25) is 0 Å². The Kier molecular flexibility index (Phi) is 9.06. The minimum absolute atomic E-state index is 0. The van der Waals surface area contributed by atoms with Crippen LogP contribution < -0.4 is 19.3 Å². The van der Waals surface area contributed by atoms with Crippen molar-refractivity contribution in [2.24, 2.45) is 0 Å². The van der Waals surface area contributed by atoms with Gasteiger partial charge in [0.15, 0.2) is 0 Å². The van der Waals surface area contributed by atoms with Crippen LogP contribution >= 0.6 is 0 Å². The Morgan fingerprint density at radius 1 is 0.729 bits per heavy atom. The molecule has 0 fully saturated rings. The molecule has 0 N–H and O–H groups in total. The van der Waals surface area contributed by atoms with Gasteiger partial charge in [-0.05, 0) is 58.0 Å². The quantitative estimate of drug-likeness (QED) is 0.149. The van der Waals surface area contributed by atoms with Crippen molar-refractivity contribution in [1.29, 1.82) is 0 Å². The predicted molar refractivity (Wildman–Crippen MR) is 233 cm³/mol. The number of aromatic nitrogens is 2. The van der Waals surface area contributed by atoms with Gasteiger partial charge in [-0.1, -0.05) is 135 Å². The Morgan fingerprint density at radius 2 is 1.41 bits per heavy atom. The van der Waals surface area contributed by atoms with E-state index in [0.29, 0.717) is 11.5 Å². The molecule has 0 bridgehead atoms. The summed E-state index contributed by atoms with van der Waals surface area (Å²) in [6.07, 6.45) is 7.05. The van der Waals surface area contributed by atoms with E-state index in [-0.39, 0.29) is 32.6 Å². The molecule has 6 nitrogen and oxygen atoms in total. The number of para-hydroxylation sites is 3. The molecule has 1 aliphatic carbocycles. The average molecular weight is 947 g/mol. The van der Waals surface area contributed by atoms with E-state index in [9.17, 15) is 0 Å². The maximum atomic E-state index is 6.67. The van der Waals surface area contributed by atoms with Gasteiger partial charge in [0.2, 0.25) is 0 Å². The number of nitrogens with zero attached hydrogens (tertiary/aromatic N) is 4. The van der Waals surface area contributed by atoms with Crippen LogP contribution in [-0.2, 0) is 26.5 Å². The van der Waals surface area contributed by atoms with Crippen molar-refractivity contribution in [1.82, 2.24) is 9.55 Å². The van der Waals surface area contributed by atoms with E-state index in [2.05, 4.69) is 187 Å². The maximum Gasteiger partial charge on any atom is 0.135 e. The zero-order valence-corrected chi connectivity index (χ0v) is 35.1. The van der Waals surface area contributed by atoms with E-state index in [1.54, 1.807) is 0 Å². The fraction of sp³-hybridized carbons (Fsp3) is 0.115. The van der Waals surface area contributed by atoms with E-state index >= 15 is 0 Å². The Balaban J connectivity index is 0.00000420. The van der Waals surface area contributed by atoms with E-state index < -0.39 is 0 Å². The van der Waals surface area contributed by atoms with Gasteiger partial charge in [0.05, 0.1) is 0 Å². The summed E-state index contributed by atoms with van der Waals surface area (Å²) in [7, 11) is 0. The molecule has 4 heterocycles. The first-order valence-electron chi connectivity index (χ1n) is 19.8. The molecule has 292 valence electrons. The maximum absolute atomic E-state index is 6.67. The van der Waals surface area contributed by atoms with E-state index in [1.807, 2.05) is 24.4 Å². The van der Waals surface area contributed by atoms with Crippen molar-refractivity contribution < 1.29 is 30.5 Å². The topological polar surface area (TPSA) is 42.8 Å². The zero-order valence-electron chi connectivity index (χ0n) is 32.8. The number of fused-ring (bicyclic) bond motifs is 1. The van der Waals surface area contributed by atoms with Crippen molar-refractivity contribution in [3.63, 3.8) is 0 Å². The van der Waals surface area contributed by atoms with Gasteiger partial charge in [-0.15, -0.1) is 36.6 Å². The van der Waals surface area contributed by atoms with Gasteiger partial charge in [0.25, 0.3) is 0 Å². The molecule has 0 amide bonds. The molecule has 0 saturated heterocycles. The largest absolute Gasteiger partial charge is 0.511 e. The Labute approximate surface area is 359 Å². The smallest absolute Gasteiger partial charge is 0.135 e. The van der Waals surface area contributed by atoms with Crippen molar-refractivity contribution in [3.8, 4) is 45.3 Å². The number of benzene rings is 6. The van der Waals surface area contributed by atoms with Crippen molar-refractivity contribution in [3.05, 3.63) is 187 Å². The molecular weight excluding hydrogens is 908 g/mol. The summed E-state index contributed by atoms with van der Waals surface area (Å²) in [4.78, 5) is 9.37. The van der Waals surface area contributed by atoms with Gasteiger partial charge >= 0.3 is 0 Å². The molecule has 8 aromatic rings. The molecule has 59 heavy (non-hydrogen) atoms. The molecule has 0 saturated carbocycles. The Bertz CT molecular complexity index is 2860. The van der Waals surface area contributed by atoms with E-state index in [0.717, 1.165) is 79.6 Å². The molecule has 2 aliphatic heterocycles. The van der Waals surface area contributed by atoms with Crippen LogP contribution in [0.3, 0.4) is 0 Å². The molecule has 6 aromatic carbocycles.